The molecule has 0 bridgehead atoms. The Morgan fingerprint density at radius 2 is 1.59 bits per heavy atom. The molecular formula is C15H11F4N5O3S2. The molecule has 3 amide bonds. The summed E-state index contributed by atoms with van der Waals surface area (Å²) in [4.78, 5) is 37.7. The zero-order valence-corrected chi connectivity index (χ0v) is 16.0. The smallest absolute Gasteiger partial charge is 0.257 e. The summed E-state index contributed by atoms with van der Waals surface area (Å²) in [5.74, 6) is -9.39. The SMILES string of the molecule is [N-]=[N+]=Nc1c(F)c(F)c(C(=O)NCCSSCCN2C(=O)C=CC2=O)c(F)c1F. The Kier molecular flexibility index (Phi) is 7.93. The summed E-state index contributed by atoms with van der Waals surface area (Å²) >= 11 is 0. The minimum absolute atomic E-state index is 0.0835. The number of carbonyl (C=O) groups is 3. The van der Waals surface area contributed by atoms with Crippen molar-refractivity contribution >= 4 is 45.0 Å². The van der Waals surface area contributed by atoms with Crippen molar-refractivity contribution < 1.29 is 31.9 Å². The zero-order chi connectivity index (χ0) is 21.6. The number of hydrogen-bond donors (Lipinski definition) is 1. The van der Waals surface area contributed by atoms with Crippen LogP contribution in [0.25, 0.3) is 10.4 Å². The lowest BCUT2D eigenvalue weighted by Gasteiger charge is -2.12. The fourth-order valence-electron chi connectivity index (χ4n) is 2.14. The number of hydrogen-bond acceptors (Lipinski definition) is 6. The highest BCUT2D eigenvalue weighted by Crippen LogP contribution is 2.30. The lowest BCUT2D eigenvalue weighted by molar-refractivity contribution is -0.136. The highest BCUT2D eigenvalue weighted by atomic mass is 33.1. The Balaban J connectivity index is 1.82. The van der Waals surface area contributed by atoms with E-state index in [1.165, 1.54) is 33.7 Å². The number of benzene rings is 1. The van der Waals surface area contributed by atoms with Gasteiger partial charge in [0.1, 0.15) is 11.3 Å². The van der Waals surface area contributed by atoms with Crippen LogP contribution in [0.3, 0.4) is 0 Å². The molecular weight excluding hydrogens is 438 g/mol. The van der Waals surface area contributed by atoms with E-state index in [0.717, 1.165) is 4.90 Å². The van der Waals surface area contributed by atoms with Crippen LogP contribution in [-0.4, -0.2) is 47.2 Å². The summed E-state index contributed by atoms with van der Waals surface area (Å²) < 4.78 is 55.1. The Bertz CT molecular complexity index is 890. The van der Waals surface area contributed by atoms with Crippen molar-refractivity contribution in [2.24, 2.45) is 5.11 Å². The second kappa shape index (κ2) is 10.2. The van der Waals surface area contributed by atoms with Crippen molar-refractivity contribution in [2.45, 2.75) is 0 Å². The molecule has 1 aromatic carbocycles. The molecule has 0 spiro atoms. The van der Waals surface area contributed by atoms with Gasteiger partial charge in [-0.3, -0.25) is 19.3 Å². The molecule has 0 atom stereocenters. The summed E-state index contributed by atoms with van der Waals surface area (Å²) in [6.45, 7) is 0.112. The van der Waals surface area contributed by atoms with Crippen LogP contribution in [0.5, 0.6) is 0 Å². The van der Waals surface area contributed by atoms with Gasteiger partial charge in [-0.1, -0.05) is 26.7 Å². The molecule has 1 N–H and O–H groups in total. The molecule has 0 radical (unpaired) electrons. The molecule has 8 nitrogen and oxygen atoms in total. The predicted octanol–water partition coefficient (Wildman–Crippen LogP) is 3.22. The van der Waals surface area contributed by atoms with Gasteiger partial charge in [-0.2, -0.15) is 0 Å². The molecule has 1 aromatic rings. The lowest BCUT2D eigenvalue weighted by Crippen LogP contribution is -2.31. The molecule has 0 aliphatic carbocycles. The fourth-order valence-corrected chi connectivity index (χ4v) is 4.00. The van der Waals surface area contributed by atoms with Crippen LogP contribution in [0.15, 0.2) is 17.3 Å². The van der Waals surface area contributed by atoms with E-state index in [1.807, 2.05) is 0 Å². The van der Waals surface area contributed by atoms with Crippen LogP contribution in [0.4, 0.5) is 23.2 Å². The van der Waals surface area contributed by atoms with Gasteiger partial charge in [0.15, 0.2) is 23.3 Å². The summed E-state index contributed by atoms with van der Waals surface area (Å²) in [5, 5.41) is 4.65. The van der Waals surface area contributed by atoms with E-state index in [4.69, 9.17) is 5.53 Å². The molecule has 0 unspecified atom stereocenters. The van der Waals surface area contributed by atoms with Gasteiger partial charge in [0, 0.05) is 41.7 Å². The first-order valence-electron chi connectivity index (χ1n) is 7.76. The van der Waals surface area contributed by atoms with Crippen LogP contribution in [0, 0.1) is 23.3 Å². The molecule has 29 heavy (non-hydrogen) atoms. The third-order valence-electron chi connectivity index (χ3n) is 3.47. The first-order valence-corrected chi connectivity index (χ1v) is 10.3. The van der Waals surface area contributed by atoms with Gasteiger partial charge in [0.25, 0.3) is 17.7 Å². The number of imide groups is 1. The number of halogens is 4. The molecule has 2 rings (SSSR count). The standard InChI is InChI=1S/C15H11F4N5O3S2/c16-10-9(11(17)13(19)14(12(10)18)22-23-20)15(27)21-3-5-28-29-6-4-24-7(25)1-2-8(24)26/h1-2H,3-6H2,(H,21,27). The molecule has 0 saturated heterocycles. The second-order valence-electron chi connectivity index (χ2n) is 5.23. The first-order chi connectivity index (χ1) is 13.8. The van der Waals surface area contributed by atoms with Gasteiger partial charge >= 0.3 is 0 Å². The Morgan fingerprint density at radius 1 is 1.03 bits per heavy atom. The minimum atomic E-state index is -1.97. The molecule has 0 aromatic heterocycles. The normalized spacial score (nSPS) is 13.0. The minimum Gasteiger partial charge on any atom is -0.351 e. The van der Waals surface area contributed by atoms with E-state index in [0.29, 0.717) is 5.75 Å². The molecule has 1 aliphatic rings. The van der Waals surface area contributed by atoms with Crippen LogP contribution < -0.4 is 5.32 Å². The number of nitrogens with zero attached hydrogens (tertiary/aromatic N) is 4. The van der Waals surface area contributed by atoms with Crippen molar-refractivity contribution in [1.82, 2.24) is 10.2 Å². The van der Waals surface area contributed by atoms with E-state index in [1.54, 1.807) is 0 Å². The summed E-state index contributed by atoms with van der Waals surface area (Å²) in [7, 11) is 2.53. The van der Waals surface area contributed by atoms with Crippen molar-refractivity contribution in [3.8, 4) is 0 Å². The maximum atomic E-state index is 13.9. The Hall–Kier alpha value is -2.70. The van der Waals surface area contributed by atoms with E-state index in [-0.39, 0.29) is 18.8 Å². The lowest BCUT2D eigenvalue weighted by atomic mass is 10.1. The predicted molar refractivity (Wildman–Crippen MR) is 98.2 cm³/mol. The number of nitrogens with one attached hydrogen (secondary N) is 1. The highest BCUT2D eigenvalue weighted by molar-refractivity contribution is 8.76. The van der Waals surface area contributed by atoms with E-state index < -0.39 is 52.2 Å². The highest BCUT2D eigenvalue weighted by Gasteiger charge is 2.28. The average Bonchev–Trinajstić information content (AvgIpc) is 3.01. The van der Waals surface area contributed by atoms with Crippen LogP contribution in [0.2, 0.25) is 0 Å². The Morgan fingerprint density at radius 3 is 2.14 bits per heavy atom. The number of amides is 3. The van der Waals surface area contributed by atoms with Gasteiger partial charge in [-0.15, -0.1) is 0 Å². The zero-order valence-electron chi connectivity index (χ0n) is 14.3. The van der Waals surface area contributed by atoms with Crippen LogP contribution in [0.1, 0.15) is 10.4 Å². The quantitative estimate of drug-likeness (QED) is 0.0909. The molecule has 154 valence electrons. The van der Waals surface area contributed by atoms with Gasteiger partial charge in [-0.25, -0.2) is 17.6 Å². The van der Waals surface area contributed by atoms with Crippen molar-refractivity contribution in [3.05, 3.63) is 51.4 Å². The molecule has 14 heteroatoms. The third kappa shape index (κ3) is 5.22. The largest absolute Gasteiger partial charge is 0.351 e. The molecule has 0 saturated carbocycles. The monoisotopic (exact) mass is 449 g/mol. The molecule has 0 fully saturated rings. The maximum absolute atomic E-state index is 13.9. The van der Waals surface area contributed by atoms with Gasteiger partial charge < -0.3 is 5.32 Å². The van der Waals surface area contributed by atoms with E-state index >= 15 is 0 Å². The van der Waals surface area contributed by atoms with Crippen molar-refractivity contribution in [1.29, 1.82) is 0 Å². The summed E-state index contributed by atoms with van der Waals surface area (Å²) in [6.07, 6.45) is 2.33. The van der Waals surface area contributed by atoms with E-state index in [2.05, 4.69) is 15.3 Å². The van der Waals surface area contributed by atoms with Crippen molar-refractivity contribution in [2.75, 3.05) is 24.6 Å². The fraction of sp³-hybridized carbons (Fsp3) is 0.267. The van der Waals surface area contributed by atoms with Gasteiger partial charge in [-0.05, 0) is 5.53 Å². The number of rotatable bonds is 9. The molecule has 1 heterocycles. The van der Waals surface area contributed by atoms with Gasteiger partial charge in [0.05, 0.1) is 0 Å². The van der Waals surface area contributed by atoms with E-state index in [9.17, 15) is 31.9 Å². The second-order valence-corrected chi connectivity index (χ2v) is 7.93. The Labute approximate surface area is 168 Å². The third-order valence-corrected chi connectivity index (χ3v) is 5.85. The molecule has 1 aliphatic heterocycles. The number of carbonyl (C=O) groups excluding carboxylic acids is 3. The summed E-state index contributed by atoms with van der Waals surface area (Å²) in [6, 6.07) is 0. The topological polar surface area (TPSA) is 115 Å². The van der Waals surface area contributed by atoms with Crippen molar-refractivity contribution in [3.63, 3.8) is 0 Å². The average molecular weight is 449 g/mol. The maximum Gasteiger partial charge on any atom is 0.257 e. The number of azide groups is 1. The van der Waals surface area contributed by atoms with Crippen LogP contribution in [-0.2, 0) is 9.59 Å². The first kappa shape index (κ1) is 22.6. The summed E-state index contributed by atoms with van der Waals surface area (Å²) in [5.41, 5.74) is 5.21. The van der Waals surface area contributed by atoms with Gasteiger partial charge in [0.2, 0.25) is 0 Å². The van der Waals surface area contributed by atoms with Crippen LogP contribution >= 0.6 is 21.6 Å².